The second-order valence-electron chi connectivity index (χ2n) is 4.29. The van der Waals surface area contributed by atoms with Crippen molar-refractivity contribution in [3.8, 4) is 0 Å². The molecule has 0 spiro atoms. The van der Waals surface area contributed by atoms with Crippen LogP contribution in [0.4, 0.5) is 0 Å². The van der Waals surface area contributed by atoms with Gasteiger partial charge in [0.15, 0.2) is 0 Å². The second-order valence-corrected chi connectivity index (χ2v) is 4.72. The van der Waals surface area contributed by atoms with E-state index in [9.17, 15) is 0 Å². The Labute approximate surface area is 101 Å². The van der Waals surface area contributed by atoms with Crippen molar-refractivity contribution in [2.24, 2.45) is 7.05 Å². The van der Waals surface area contributed by atoms with Crippen LogP contribution in [0.3, 0.4) is 0 Å². The first-order valence-corrected chi connectivity index (χ1v) is 5.81. The molecule has 1 heterocycles. The maximum Gasteiger partial charge on any atom is 0.0741 e. The number of hydrogen-bond acceptors (Lipinski definition) is 1. The number of aromatic nitrogens is 1. The van der Waals surface area contributed by atoms with Gasteiger partial charge >= 0.3 is 0 Å². The smallest absolute Gasteiger partial charge is 0.0741 e. The Hall–Kier alpha value is -0.990. The number of halogens is 1. The Balaban J connectivity index is 2.39. The van der Waals surface area contributed by atoms with Gasteiger partial charge in [0.1, 0.15) is 0 Å². The fourth-order valence-corrected chi connectivity index (χ4v) is 1.98. The minimum absolute atomic E-state index is 0.252. The summed E-state index contributed by atoms with van der Waals surface area (Å²) in [4.78, 5) is 0. The Morgan fingerprint density at radius 2 is 2.12 bits per heavy atom. The summed E-state index contributed by atoms with van der Waals surface area (Å²) >= 11 is 5.98. The molecule has 2 aromatic rings. The quantitative estimate of drug-likeness (QED) is 0.793. The van der Waals surface area contributed by atoms with Crippen molar-refractivity contribution in [1.82, 2.24) is 4.57 Å². The van der Waals surface area contributed by atoms with Gasteiger partial charge in [0.2, 0.25) is 0 Å². The molecule has 16 heavy (non-hydrogen) atoms. The number of rotatable bonds is 3. The van der Waals surface area contributed by atoms with Gasteiger partial charge in [0.05, 0.1) is 12.7 Å². The molecule has 0 bridgehead atoms. The highest BCUT2D eigenvalue weighted by atomic mass is 35.5. The highest BCUT2D eigenvalue weighted by Gasteiger charge is 2.07. The zero-order valence-electron chi connectivity index (χ0n) is 9.83. The van der Waals surface area contributed by atoms with E-state index in [2.05, 4.69) is 16.8 Å². The number of aryl methyl sites for hydroxylation is 1. The molecule has 2 nitrogen and oxygen atoms in total. The van der Waals surface area contributed by atoms with Crippen LogP contribution in [0, 0.1) is 0 Å². The normalized spacial score (nSPS) is 11.6. The molecule has 0 fully saturated rings. The van der Waals surface area contributed by atoms with E-state index >= 15 is 0 Å². The van der Waals surface area contributed by atoms with Crippen molar-refractivity contribution >= 4 is 22.5 Å². The highest BCUT2D eigenvalue weighted by Crippen LogP contribution is 2.24. The molecule has 2 rings (SSSR count). The zero-order valence-corrected chi connectivity index (χ0v) is 10.6. The summed E-state index contributed by atoms with van der Waals surface area (Å²) in [6, 6.07) is 5.95. The van der Waals surface area contributed by atoms with E-state index in [0.717, 1.165) is 10.5 Å². The maximum atomic E-state index is 5.98. The van der Waals surface area contributed by atoms with E-state index in [1.54, 1.807) is 0 Å². The van der Waals surface area contributed by atoms with E-state index in [4.69, 9.17) is 16.3 Å². The molecular weight excluding hydrogens is 222 g/mol. The molecule has 3 heteroatoms. The lowest BCUT2D eigenvalue weighted by Crippen LogP contribution is -2.01. The SMILES string of the molecule is CC(C)OCc1cn(C)c2cc(Cl)ccc12. The molecule has 0 unspecified atom stereocenters. The molecule has 0 atom stereocenters. The molecule has 0 amide bonds. The van der Waals surface area contributed by atoms with Crippen LogP contribution in [0.1, 0.15) is 19.4 Å². The first-order chi connectivity index (χ1) is 7.58. The van der Waals surface area contributed by atoms with Gasteiger partial charge in [0, 0.05) is 34.7 Å². The molecule has 0 aliphatic rings. The Kier molecular flexibility index (Phi) is 3.22. The summed E-state index contributed by atoms with van der Waals surface area (Å²) < 4.78 is 7.72. The van der Waals surface area contributed by atoms with Crippen LogP contribution in [0.25, 0.3) is 10.9 Å². The molecule has 0 N–H and O–H groups in total. The van der Waals surface area contributed by atoms with Gasteiger partial charge in [-0.1, -0.05) is 17.7 Å². The number of nitrogens with zero attached hydrogens (tertiary/aromatic N) is 1. The Morgan fingerprint density at radius 3 is 2.81 bits per heavy atom. The van der Waals surface area contributed by atoms with Crippen LogP contribution in [-0.2, 0) is 18.4 Å². The monoisotopic (exact) mass is 237 g/mol. The fourth-order valence-electron chi connectivity index (χ4n) is 1.81. The van der Waals surface area contributed by atoms with Gasteiger partial charge in [-0.05, 0) is 26.0 Å². The molecular formula is C13H16ClNO. The van der Waals surface area contributed by atoms with E-state index in [1.165, 1.54) is 10.9 Å². The first kappa shape index (κ1) is 11.5. The van der Waals surface area contributed by atoms with Crippen LogP contribution in [-0.4, -0.2) is 10.7 Å². The number of hydrogen-bond donors (Lipinski definition) is 0. The summed E-state index contributed by atoms with van der Waals surface area (Å²) in [5, 5.41) is 1.98. The predicted octanol–water partition coefficient (Wildman–Crippen LogP) is 3.76. The van der Waals surface area contributed by atoms with Gasteiger partial charge in [-0.25, -0.2) is 0 Å². The minimum atomic E-state index is 0.252. The third-order valence-electron chi connectivity index (χ3n) is 2.61. The average Bonchev–Trinajstić information content (AvgIpc) is 2.53. The number of ether oxygens (including phenoxy) is 1. The molecule has 0 saturated heterocycles. The molecule has 0 aliphatic carbocycles. The van der Waals surface area contributed by atoms with Crippen LogP contribution < -0.4 is 0 Å². The zero-order chi connectivity index (χ0) is 11.7. The summed E-state index contributed by atoms with van der Waals surface area (Å²) in [7, 11) is 2.03. The van der Waals surface area contributed by atoms with Crippen molar-refractivity contribution in [3.05, 3.63) is 35.0 Å². The van der Waals surface area contributed by atoms with Gasteiger partial charge < -0.3 is 9.30 Å². The van der Waals surface area contributed by atoms with Crippen LogP contribution in [0.5, 0.6) is 0 Å². The molecule has 0 aliphatic heterocycles. The highest BCUT2D eigenvalue weighted by molar-refractivity contribution is 6.31. The van der Waals surface area contributed by atoms with Crippen molar-refractivity contribution in [2.75, 3.05) is 0 Å². The van der Waals surface area contributed by atoms with E-state index in [1.807, 2.05) is 33.0 Å². The second kappa shape index (κ2) is 4.48. The first-order valence-electron chi connectivity index (χ1n) is 5.43. The van der Waals surface area contributed by atoms with E-state index in [-0.39, 0.29) is 6.10 Å². The topological polar surface area (TPSA) is 14.2 Å². The average molecular weight is 238 g/mol. The maximum absolute atomic E-state index is 5.98. The van der Waals surface area contributed by atoms with E-state index in [0.29, 0.717) is 6.61 Å². The van der Waals surface area contributed by atoms with Gasteiger partial charge in [-0.15, -0.1) is 0 Å². The fraction of sp³-hybridized carbons (Fsp3) is 0.385. The summed E-state index contributed by atoms with van der Waals surface area (Å²) in [5.74, 6) is 0. The molecule has 1 aromatic heterocycles. The standard InChI is InChI=1S/C13H16ClNO/c1-9(2)16-8-10-7-15(3)13-6-11(14)4-5-12(10)13/h4-7,9H,8H2,1-3H3. The predicted molar refractivity (Wildman–Crippen MR) is 67.9 cm³/mol. The van der Waals surface area contributed by atoms with Gasteiger partial charge in [-0.3, -0.25) is 0 Å². The summed E-state index contributed by atoms with van der Waals surface area (Å²) in [6.07, 6.45) is 2.35. The van der Waals surface area contributed by atoms with Gasteiger partial charge in [-0.2, -0.15) is 0 Å². The molecule has 0 radical (unpaired) electrons. The number of fused-ring (bicyclic) bond motifs is 1. The van der Waals surface area contributed by atoms with Crippen molar-refractivity contribution in [3.63, 3.8) is 0 Å². The minimum Gasteiger partial charge on any atom is -0.374 e. The summed E-state index contributed by atoms with van der Waals surface area (Å²) in [5.41, 5.74) is 2.36. The third-order valence-corrected chi connectivity index (χ3v) is 2.84. The lowest BCUT2D eigenvalue weighted by atomic mass is 10.2. The van der Waals surface area contributed by atoms with Crippen LogP contribution in [0.2, 0.25) is 5.02 Å². The lowest BCUT2D eigenvalue weighted by molar-refractivity contribution is 0.0663. The molecule has 0 saturated carbocycles. The van der Waals surface area contributed by atoms with Gasteiger partial charge in [0.25, 0.3) is 0 Å². The Morgan fingerprint density at radius 1 is 1.38 bits per heavy atom. The summed E-state index contributed by atoms with van der Waals surface area (Å²) in [6.45, 7) is 4.74. The van der Waals surface area contributed by atoms with E-state index < -0.39 is 0 Å². The van der Waals surface area contributed by atoms with Crippen LogP contribution in [0.15, 0.2) is 24.4 Å². The molecule has 86 valence electrons. The van der Waals surface area contributed by atoms with Crippen molar-refractivity contribution in [1.29, 1.82) is 0 Å². The van der Waals surface area contributed by atoms with Crippen molar-refractivity contribution in [2.45, 2.75) is 26.6 Å². The van der Waals surface area contributed by atoms with Crippen LogP contribution >= 0.6 is 11.6 Å². The Bertz CT molecular complexity index is 502. The third kappa shape index (κ3) is 2.23. The lowest BCUT2D eigenvalue weighted by Gasteiger charge is -2.05. The van der Waals surface area contributed by atoms with Crippen molar-refractivity contribution < 1.29 is 4.74 Å². The molecule has 1 aromatic carbocycles. The number of benzene rings is 1. The largest absolute Gasteiger partial charge is 0.374 e.